The number of benzene rings is 1. The van der Waals surface area contributed by atoms with E-state index in [1.54, 1.807) is 4.90 Å². The molecule has 1 atom stereocenters. The highest BCUT2D eigenvalue weighted by molar-refractivity contribution is 5.94. The highest BCUT2D eigenvalue weighted by Gasteiger charge is 2.25. The number of rotatable bonds is 2. The molecule has 2 N–H and O–H groups in total. The number of amides is 1. The molecule has 1 aliphatic rings. The Morgan fingerprint density at radius 2 is 1.90 bits per heavy atom. The third kappa shape index (κ3) is 3.67. The van der Waals surface area contributed by atoms with Gasteiger partial charge in [0.1, 0.15) is 0 Å². The standard InChI is InChI=1S/C14H18F2N2O.ClH/c1-9(17)10-4-6-18(7-5-10)14(19)11-2-3-12(15)13(16)8-11;/h2-3,8-10H,4-7,17H2,1H3;1H. The van der Waals surface area contributed by atoms with E-state index in [1.807, 2.05) is 6.92 Å². The minimum absolute atomic E-state index is 0. The fourth-order valence-corrected chi connectivity index (χ4v) is 2.44. The van der Waals surface area contributed by atoms with Crippen LogP contribution in [-0.4, -0.2) is 29.9 Å². The molecule has 3 nitrogen and oxygen atoms in total. The zero-order valence-corrected chi connectivity index (χ0v) is 12.1. The lowest BCUT2D eigenvalue weighted by Gasteiger charge is -2.33. The molecule has 20 heavy (non-hydrogen) atoms. The summed E-state index contributed by atoms with van der Waals surface area (Å²) < 4.78 is 25.9. The Kier molecular flexibility index (Phi) is 5.89. The summed E-state index contributed by atoms with van der Waals surface area (Å²) in [7, 11) is 0. The van der Waals surface area contributed by atoms with Gasteiger partial charge in [-0.15, -0.1) is 12.4 Å². The lowest BCUT2D eigenvalue weighted by Crippen LogP contribution is -2.42. The highest BCUT2D eigenvalue weighted by atomic mass is 35.5. The van der Waals surface area contributed by atoms with Crippen LogP contribution in [0, 0.1) is 17.6 Å². The second-order valence-electron chi connectivity index (χ2n) is 5.12. The van der Waals surface area contributed by atoms with Crippen molar-refractivity contribution in [3.05, 3.63) is 35.4 Å². The predicted molar refractivity (Wildman–Crippen MR) is 75.9 cm³/mol. The maximum absolute atomic E-state index is 13.1. The van der Waals surface area contributed by atoms with Gasteiger partial charge in [0.25, 0.3) is 5.91 Å². The monoisotopic (exact) mass is 304 g/mol. The number of carbonyl (C=O) groups excluding carboxylic acids is 1. The van der Waals surface area contributed by atoms with Crippen LogP contribution in [0.1, 0.15) is 30.1 Å². The molecule has 0 aromatic heterocycles. The van der Waals surface area contributed by atoms with Gasteiger partial charge in [0.2, 0.25) is 0 Å². The smallest absolute Gasteiger partial charge is 0.253 e. The summed E-state index contributed by atoms with van der Waals surface area (Å²) in [6, 6.07) is 3.38. The molecule has 1 fully saturated rings. The second-order valence-corrected chi connectivity index (χ2v) is 5.12. The van der Waals surface area contributed by atoms with E-state index in [-0.39, 0.29) is 29.9 Å². The topological polar surface area (TPSA) is 46.3 Å². The number of hydrogen-bond acceptors (Lipinski definition) is 2. The molecule has 1 amide bonds. The van der Waals surface area contributed by atoms with Gasteiger partial charge in [-0.3, -0.25) is 4.79 Å². The number of nitrogens with two attached hydrogens (primary N) is 1. The third-order valence-corrected chi connectivity index (χ3v) is 3.74. The van der Waals surface area contributed by atoms with Crippen molar-refractivity contribution in [3.8, 4) is 0 Å². The third-order valence-electron chi connectivity index (χ3n) is 3.74. The van der Waals surface area contributed by atoms with E-state index in [0.717, 1.165) is 25.0 Å². The first-order valence-electron chi connectivity index (χ1n) is 6.49. The molecule has 1 heterocycles. The molecule has 1 aliphatic heterocycles. The molecule has 1 saturated heterocycles. The van der Waals surface area contributed by atoms with E-state index in [0.29, 0.717) is 19.0 Å². The normalized spacial score (nSPS) is 17.5. The van der Waals surface area contributed by atoms with Gasteiger partial charge in [-0.05, 0) is 43.9 Å². The number of carbonyl (C=O) groups is 1. The Morgan fingerprint density at radius 3 is 2.40 bits per heavy atom. The van der Waals surface area contributed by atoms with E-state index >= 15 is 0 Å². The second kappa shape index (κ2) is 6.99. The largest absolute Gasteiger partial charge is 0.339 e. The molecule has 0 saturated carbocycles. The van der Waals surface area contributed by atoms with Crippen LogP contribution in [0.2, 0.25) is 0 Å². The van der Waals surface area contributed by atoms with Crippen LogP contribution in [0.4, 0.5) is 8.78 Å². The number of nitrogens with zero attached hydrogens (tertiary/aromatic N) is 1. The van der Waals surface area contributed by atoms with Gasteiger partial charge < -0.3 is 10.6 Å². The zero-order chi connectivity index (χ0) is 14.0. The van der Waals surface area contributed by atoms with Gasteiger partial charge in [0, 0.05) is 24.7 Å². The average Bonchev–Trinajstić information content (AvgIpc) is 2.41. The molecule has 6 heteroatoms. The molecule has 1 aromatic carbocycles. The lowest BCUT2D eigenvalue weighted by atomic mass is 9.90. The van der Waals surface area contributed by atoms with E-state index in [1.165, 1.54) is 6.07 Å². The molecular formula is C14H19ClF2N2O. The molecular weight excluding hydrogens is 286 g/mol. The van der Waals surface area contributed by atoms with Crippen LogP contribution in [0.5, 0.6) is 0 Å². The summed E-state index contributed by atoms with van der Waals surface area (Å²) in [5.74, 6) is -1.75. The minimum Gasteiger partial charge on any atom is -0.339 e. The van der Waals surface area contributed by atoms with Crippen molar-refractivity contribution < 1.29 is 13.6 Å². The Balaban J connectivity index is 0.00000200. The summed E-state index contributed by atoms with van der Waals surface area (Å²) in [5, 5.41) is 0. The minimum atomic E-state index is -0.990. The summed E-state index contributed by atoms with van der Waals surface area (Å²) in [4.78, 5) is 13.8. The van der Waals surface area contributed by atoms with E-state index < -0.39 is 11.6 Å². The first kappa shape index (κ1) is 16.9. The molecule has 112 valence electrons. The van der Waals surface area contributed by atoms with E-state index in [2.05, 4.69) is 0 Å². The van der Waals surface area contributed by atoms with E-state index in [4.69, 9.17) is 5.73 Å². The summed E-state index contributed by atoms with van der Waals surface area (Å²) in [6.45, 7) is 3.20. The fraction of sp³-hybridized carbons (Fsp3) is 0.500. The summed E-state index contributed by atoms with van der Waals surface area (Å²) in [5.41, 5.74) is 6.03. The first-order chi connectivity index (χ1) is 8.99. The zero-order valence-electron chi connectivity index (χ0n) is 11.3. The first-order valence-corrected chi connectivity index (χ1v) is 6.49. The van der Waals surface area contributed by atoms with Gasteiger partial charge in [0.15, 0.2) is 11.6 Å². The molecule has 2 rings (SSSR count). The van der Waals surface area contributed by atoms with Crippen LogP contribution >= 0.6 is 12.4 Å². The molecule has 0 spiro atoms. The van der Waals surface area contributed by atoms with E-state index in [9.17, 15) is 13.6 Å². The maximum Gasteiger partial charge on any atom is 0.253 e. The highest BCUT2D eigenvalue weighted by Crippen LogP contribution is 2.21. The predicted octanol–water partition coefficient (Wildman–Crippen LogP) is 2.59. The van der Waals surface area contributed by atoms with Crippen molar-refractivity contribution in [1.82, 2.24) is 4.90 Å². The number of likely N-dealkylation sites (tertiary alicyclic amines) is 1. The molecule has 0 bridgehead atoms. The molecule has 1 unspecified atom stereocenters. The van der Waals surface area contributed by atoms with Gasteiger partial charge in [-0.2, -0.15) is 0 Å². The quantitative estimate of drug-likeness (QED) is 0.913. The van der Waals surface area contributed by atoms with Crippen LogP contribution in [0.3, 0.4) is 0 Å². The SMILES string of the molecule is CC(N)C1CCN(C(=O)c2ccc(F)c(F)c2)CC1.Cl. The van der Waals surface area contributed by atoms with Gasteiger partial charge in [-0.1, -0.05) is 0 Å². The van der Waals surface area contributed by atoms with Crippen LogP contribution in [0.15, 0.2) is 18.2 Å². The number of halogens is 3. The van der Waals surface area contributed by atoms with Crippen molar-refractivity contribution in [1.29, 1.82) is 0 Å². The van der Waals surface area contributed by atoms with Crippen molar-refractivity contribution in [2.45, 2.75) is 25.8 Å². The fourth-order valence-electron chi connectivity index (χ4n) is 2.44. The lowest BCUT2D eigenvalue weighted by molar-refractivity contribution is 0.0680. The number of hydrogen-bond donors (Lipinski definition) is 1. The van der Waals surface area contributed by atoms with Crippen LogP contribution in [0.25, 0.3) is 0 Å². The van der Waals surface area contributed by atoms with Crippen molar-refractivity contribution in [2.24, 2.45) is 11.7 Å². The van der Waals surface area contributed by atoms with Gasteiger partial charge in [-0.25, -0.2) is 8.78 Å². The average molecular weight is 305 g/mol. The summed E-state index contributed by atoms with van der Waals surface area (Å²) >= 11 is 0. The molecule has 1 aromatic rings. The Labute approximate surface area is 123 Å². The molecule has 0 aliphatic carbocycles. The van der Waals surface area contributed by atoms with Crippen molar-refractivity contribution in [3.63, 3.8) is 0 Å². The summed E-state index contributed by atoms with van der Waals surface area (Å²) in [6.07, 6.45) is 1.71. The van der Waals surface area contributed by atoms with Crippen LogP contribution < -0.4 is 5.73 Å². The Hall–Kier alpha value is -1.20. The van der Waals surface area contributed by atoms with Gasteiger partial charge >= 0.3 is 0 Å². The maximum atomic E-state index is 13.1. The number of piperidine rings is 1. The van der Waals surface area contributed by atoms with Crippen molar-refractivity contribution in [2.75, 3.05) is 13.1 Å². The molecule has 0 radical (unpaired) electrons. The van der Waals surface area contributed by atoms with Crippen molar-refractivity contribution >= 4 is 18.3 Å². The van der Waals surface area contributed by atoms with Gasteiger partial charge in [0.05, 0.1) is 0 Å². The Morgan fingerprint density at radius 1 is 1.30 bits per heavy atom. The van der Waals surface area contributed by atoms with Crippen LogP contribution in [-0.2, 0) is 0 Å². The Bertz CT molecular complexity index is 474.